The Labute approximate surface area is 112 Å². The predicted molar refractivity (Wildman–Crippen MR) is 70.1 cm³/mol. The second-order valence-electron chi connectivity index (χ2n) is 4.99. The highest BCUT2D eigenvalue weighted by molar-refractivity contribution is 5.44. The summed E-state index contributed by atoms with van der Waals surface area (Å²) in [6.07, 6.45) is 2.18. The Hall–Kier alpha value is -1.33. The molecule has 2 aliphatic rings. The lowest BCUT2D eigenvalue weighted by Crippen LogP contribution is -2.39. The molecular formula is C14H19FN2O2. The van der Waals surface area contributed by atoms with Gasteiger partial charge in [-0.15, -0.1) is 0 Å². The van der Waals surface area contributed by atoms with Gasteiger partial charge >= 0.3 is 0 Å². The van der Waals surface area contributed by atoms with Crippen molar-refractivity contribution in [2.75, 3.05) is 26.3 Å². The van der Waals surface area contributed by atoms with E-state index in [9.17, 15) is 4.39 Å². The average molecular weight is 266 g/mol. The number of piperidine rings is 1. The number of rotatable bonds is 3. The molecule has 0 bridgehead atoms. The third kappa shape index (κ3) is 2.98. The Morgan fingerprint density at radius 3 is 2.58 bits per heavy atom. The fourth-order valence-corrected chi connectivity index (χ4v) is 2.52. The first kappa shape index (κ1) is 12.7. The first-order valence-electron chi connectivity index (χ1n) is 6.85. The van der Waals surface area contributed by atoms with E-state index >= 15 is 0 Å². The van der Waals surface area contributed by atoms with Crippen LogP contribution in [0.15, 0.2) is 12.1 Å². The number of nitrogens with one attached hydrogen (secondary N) is 2. The molecule has 19 heavy (non-hydrogen) atoms. The Morgan fingerprint density at radius 2 is 1.84 bits per heavy atom. The molecule has 104 valence electrons. The Morgan fingerprint density at radius 1 is 1.16 bits per heavy atom. The number of hydrogen-bond donors (Lipinski definition) is 2. The molecule has 0 saturated carbocycles. The van der Waals surface area contributed by atoms with Crippen molar-refractivity contribution < 1.29 is 13.9 Å². The molecule has 1 fully saturated rings. The van der Waals surface area contributed by atoms with Gasteiger partial charge in [-0.2, -0.15) is 0 Å². The second kappa shape index (κ2) is 5.75. The van der Waals surface area contributed by atoms with Crippen LogP contribution < -0.4 is 20.1 Å². The molecule has 0 spiro atoms. The fourth-order valence-electron chi connectivity index (χ4n) is 2.52. The summed E-state index contributed by atoms with van der Waals surface area (Å²) in [4.78, 5) is 0. The summed E-state index contributed by atoms with van der Waals surface area (Å²) in [7, 11) is 0. The van der Waals surface area contributed by atoms with Crippen molar-refractivity contribution in [1.29, 1.82) is 0 Å². The summed E-state index contributed by atoms with van der Waals surface area (Å²) in [6, 6.07) is 3.64. The van der Waals surface area contributed by atoms with Crippen LogP contribution >= 0.6 is 0 Å². The third-order valence-electron chi connectivity index (χ3n) is 3.63. The minimum absolute atomic E-state index is 0.231. The quantitative estimate of drug-likeness (QED) is 0.869. The summed E-state index contributed by atoms with van der Waals surface area (Å²) in [5, 5.41) is 6.72. The fraction of sp³-hybridized carbons (Fsp3) is 0.571. The molecule has 1 aromatic carbocycles. The Balaban J connectivity index is 1.66. The van der Waals surface area contributed by atoms with Crippen LogP contribution in [0.4, 0.5) is 4.39 Å². The monoisotopic (exact) mass is 266 g/mol. The van der Waals surface area contributed by atoms with Crippen molar-refractivity contribution in [3.05, 3.63) is 23.5 Å². The molecule has 0 unspecified atom stereocenters. The van der Waals surface area contributed by atoms with Gasteiger partial charge in [0, 0.05) is 24.2 Å². The summed E-state index contributed by atoms with van der Waals surface area (Å²) < 4.78 is 24.8. The normalized spacial score (nSPS) is 19.4. The van der Waals surface area contributed by atoms with Gasteiger partial charge in [0.2, 0.25) is 0 Å². The van der Waals surface area contributed by atoms with E-state index in [0.29, 0.717) is 42.9 Å². The van der Waals surface area contributed by atoms with Crippen molar-refractivity contribution in [2.24, 2.45) is 0 Å². The minimum Gasteiger partial charge on any atom is -0.486 e. The van der Waals surface area contributed by atoms with Gasteiger partial charge < -0.3 is 20.1 Å². The van der Waals surface area contributed by atoms with Gasteiger partial charge in [0.05, 0.1) is 0 Å². The van der Waals surface area contributed by atoms with E-state index in [2.05, 4.69) is 10.6 Å². The molecule has 4 nitrogen and oxygen atoms in total. The Bertz CT molecular complexity index is 447. The molecule has 0 aliphatic carbocycles. The highest BCUT2D eigenvalue weighted by atomic mass is 19.1. The molecule has 3 rings (SSSR count). The van der Waals surface area contributed by atoms with Crippen molar-refractivity contribution in [2.45, 2.75) is 25.4 Å². The van der Waals surface area contributed by atoms with E-state index in [1.165, 1.54) is 6.07 Å². The van der Waals surface area contributed by atoms with Crippen molar-refractivity contribution in [3.63, 3.8) is 0 Å². The maximum Gasteiger partial charge on any atom is 0.164 e. The van der Waals surface area contributed by atoms with Gasteiger partial charge in [-0.25, -0.2) is 4.39 Å². The van der Waals surface area contributed by atoms with E-state index < -0.39 is 0 Å². The molecule has 2 N–H and O–H groups in total. The standard InChI is InChI=1S/C14H19FN2O2/c15-12-8-14-13(18-5-6-19-14)7-10(12)9-17-11-1-3-16-4-2-11/h7-8,11,16-17H,1-6,9H2. The van der Waals surface area contributed by atoms with Crippen LogP contribution in [0.5, 0.6) is 11.5 Å². The van der Waals surface area contributed by atoms with Crippen LogP contribution in [0.25, 0.3) is 0 Å². The zero-order valence-electron chi connectivity index (χ0n) is 10.9. The number of benzene rings is 1. The molecule has 0 radical (unpaired) electrons. The van der Waals surface area contributed by atoms with Crippen LogP contribution in [0.3, 0.4) is 0 Å². The van der Waals surface area contributed by atoms with Gasteiger partial charge in [-0.05, 0) is 32.0 Å². The first-order chi connectivity index (χ1) is 9.33. The number of ether oxygens (including phenoxy) is 2. The number of hydrogen-bond acceptors (Lipinski definition) is 4. The van der Waals surface area contributed by atoms with Gasteiger partial charge in [0.25, 0.3) is 0 Å². The van der Waals surface area contributed by atoms with Crippen molar-refractivity contribution in [3.8, 4) is 11.5 Å². The van der Waals surface area contributed by atoms with Crippen molar-refractivity contribution >= 4 is 0 Å². The molecule has 0 amide bonds. The van der Waals surface area contributed by atoms with Crippen LogP contribution in [0.2, 0.25) is 0 Å². The lowest BCUT2D eigenvalue weighted by atomic mass is 10.1. The summed E-state index contributed by atoms with van der Waals surface area (Å²) >= 11 is 0. The van der Waals surface area contributed by atoms with Gasteiger partial charge in [0.15, 0.2) is 11.5 Å². The number of halogens is 1. The molecule has 5 heteroatoms. The molecule has 0 aromatic heterocycles. The van der Waals surface area contributed by atoms with Gasteiger partial charge in [0.1, 0.15) is 19.0 Å². The smallest absolute Gasteiger partial charge is 0.164 e. The van der Waals surface area contributed by atoms with E-state index in [1.807, 2.05) is 0 Å². The highest BCUT2D eigenvalue weighted by Crippen LogP contribution is 2.32. The van der Waals surface area contributed by atoms with Crippen LogP contribution in [0.1, 0.15) is 18.4 Å². The van der Waals surface area contributed by atoms with Crippen LogP contribution in [-0.4, -0.2) is 32.3 Å². The summed E-state index contributed by atoms with van der Waals surface area (Å²) in [5.74, 6) is 0.926. The largest absolute Gasteiger partial charge is 0.486 e. The van der Waals surface area contributed by atoms with E-state index in [1.54, 1.807) is 6.07 Å². The predicted octanol–water partition coefficient (Wildman–Crippen LogP) is 1.44. The summed E-state index contributed by atoms with van der Waals surface area (Å²) in [5.41, 5.74) is 0.641. The lowest BCUT2D eigenvalue weighted by molar-refractivity contribution is 0.170. The van der Waals surface area contributed by atoms with Gasteiger partial charge in [-0.1, -0.05) is 0 Å². The summed E-state index contributed by atoms with van der Waals surface area (Å²) in [6.45, 7) is 3.61. The Kier molecular flexibility index (Phi) is 3.84. The topological polar surface area (TPSA) is 42.5 Å². The molecular weight excluding hydrogens is 247 g/mol. The zero-order chi connectivity index (χ0) is 13.1. The highest BCUT2D eigenvalue weighted by Gasteiger charge is 2.17. The molecule has 2 heterocycles. The third-order valence-corrected chi connectivity index (χ3v) is 3.63. The SMILES string of the molecule is Fc1cc2c(cc1CNC1CCNCC1)OCCO2. The molecule has 1 saturated heterocycles. The maximum atomic E-state index is 13.9. The van der Waals surface area contributed by atoms with Crippen molar-refractivity contribution in [1.82, 2.24) is 10.6 Å². The van der Waals surface area contributed by atoms with E-state index in [-0.39, 0.29) is 5.82 Å². The maximum absolute atomic E-state index is 13.9. The van der Waals surface area contributed by atoms with E-state index in [0.717, 1.165) is 25.9 Å². The molecule has 2 aliphatic heterocycles. The molecule has 1 aromatic rings. The minimum atomic E-state index is -0.231. The van der Waals surface area contributed by atoms with Gasteiger partial charge in [-0.3, -0.25) is 0 Å². The van der Waals surface area contributed by atoms with Crippen LogP contribution in [-0.2, 0) is 6.54 Å². The molecule has 0 atom stereocenters. The second-order valence-corrected chi connectivity index (χ2v) is 4.99. The van der Waals surface area contributed by atoms with Crippen LogP contribution in [0, 0.1) is 5.82 Å². The average Bonchev–Trinajstić information content (AvgIpc) is 2.46. The van der Waals surface area contributed by atoms with E-state index in [4.69, 9.17) is 9.47 Å². The zero-order valence-corrected chi connectivity index (χ0v) is 10.9. The number of fused-ring (bicyclic) bond motifs is 1. The lowest BCUT2D eigenvalue weighted by Gasteiger charge is -2.24. The first-order valence-corrected chi connectivity index (χ1v) is 6.85.